The van der Waals surface area contributed by atoms with Crippen molar-refractivity contribution in [3.63, 3.8) is 0 Å². The van der Waals surface area contributed by atoms with Gasteiger partial charge in [0.05, 0.1) is 28.2 Å². The standard InChI is InChI=1S/C27H26FN7O4S/c1-14-12-39-25-22-16(10-18(28)23(25)33-7-5-32(2)6-8-33)24(38)17(11-34(14)22)26-29-30-27-35(26)31-19(13-40-27)15-3-4-20(36)21(37)9-15/h3-4,9-11,14,36-37H,5-8,12-13H2,1-2H3. The molecule has 206 valence electrons. The molecule has 2 N–H and O–H groups in total. The molecule has 2 aromatic carbocycles. The Bertz CT molecular complexity index is 1780. The molecule has 3 aliphatic heterocycles. The molecule has 11 nitrogen and oxygen atoms in total. The quantitative estimate of drug-likeness (QED) is 0.363. The number of fused-ring (bicyclic) bond motifs is 1. The van der Waals surface area contributed by atoms with Gasteiger partial charge >= 0.3 is 0 Å². The van der Waals surface area contributed by atoms with Crippen LogP contribution in [0, 0.1) is 5.82 Å². The van der Waals surface area contributed by atoms with Gasteiger partial charge in [0.25, 0.3) is 0 Å². The summed E-state index contributed by atoms with van der Waals surface area (Å²) in [5.41, 5.74) is 2.06. The van der Waals surface area contributed by atoms with E-state index in [1.807, 2.05) is 23.4 Å². The number of nitrogens with zero attached hydrogens (tertiary/aromatic N) is 7. The molecule has 5 heterocycles. The molecule has 4 aromatic rings. The molecule has 0 spiro atoms. The van der Waals surface area contributed by atoms with Gasteiger partial charge in [-0.25, -0.2) is 4.39 Å². The summed E-state index contributed by atoms with van der Waals surface area (Å²) in [4.78, 5) is 18.1. The Morgan fingerprint density at radius 3 is 2.67 bits per heavy atom. The van der Waals surface area contributed by atoms with E-state index in [1.54, 1.807) is 12.3 Å². The van der Waals surface area contributed by atoms with Crippen molar-refractivity contribution in [1.82, 2.24) is 24.3 Å². The first kappa shape index (κ1) is 24.9. The number of halogens is 1. The van der Waals surface area contributed by atoms with E-state index in [2.05, 4.69) is 20.2 Å². The third-order valence-electron chi connectivity index (χ3n) is 7.68. The normalized spacial score (nSPS) is 18.9. The van der Waals surface area contributed by atoms with Crippen LogP contribution in [0.5, 0.6) is 17.2 Å². The minimum Gasteiger partial charge on any atom is -0.504 e. The molecule has 1 unspecified atom stereocenters. The zero-order chi connectivity index (χ0) is 27.7. The fourth-order valence-corrected chi connectivity index (χ4v) is 6.27. The van der Waals surface area contributed by atoms with Crippen LogP contribution >= 0.6 is 11.8 Å². The van der Waals surface area contributed by atoms with Gasteiger partial charge in [-0.15, -0.1) is 10.2 Å². The molecule has 7 rings (SSSR count). The van der Waals surface area contributed by atoms with Gasteiger partial charge in [-0.1, -0.05) is 11.8 Å². The van der Waals surface area contributed by atoms with E-state index in [-0.39, 0.29) is 39.7 Å². The number of aromatic hydroxyl groups is 2. The third-order valence-corrected chi connectivity index (χ3v) is 8.61. The van der Waals surface area contributed by atoms with E-state index in [9.17, 15) is 15.0 Å². The summed E-state index contributed by atoms with van der Waals surface area (Å²) in [5, 5.41) is 33.6. The lowest BCUT2D eigenvalue weighted by Gasteiger charge is -2.37. The summed E-state index contributed by atoms with van der Waals surface area (Å²) in [5.74, 6) is 0.125. The number of aromatic nitrogens is 4. The van der Waals surface area contributed by atoms with Crippen LogP contribution in [-0.2, 0) is 0 Å². The number of phenols is 2. The highest BCUT2D eigenvalue weighted by Gasteiger charge is 2.32. The fourth-order valence-electron chi connectivity index (χ4n) is 5.44. The second-order valence-corrected chi connectivity index (χ2v) is 11.3. The van der Waals surface area contributed by atoms with Crippen molar-refractivity contribution in [3.8, 4) is 28.6 Å². The number of anilines is 1. The lowest BCUT2D eigenvalue weighted by atomic mass is 10.0. The van der Waals surface area contributed by atoms with Gasteiger partial charge in [0, 0.05) is 43.7 Å². The van der Waals surface area contributed by atoms with Crippen LogP contribution in [0.2, 0.25) is 0 Å². The van der Waals surface area contributed by atoms with E-state index in [4.69, 9.17) is 4.74 Å². The predicted molar refractivity (Wildman–Crippen MR) is 150 cm³/mol. The topological polar surface area (TPSA) is 121 Å². The minimum atomic E-state index is -0.492. The van der Waals surface area contributed by atoms with Gasteiger partial charge in [0.2, 0.25) is 10.6 Å². The number of pyridine rings is 1. The van der Waals surface area contributed by atoms with Crippen molar-refractivity contribution in [2.24, 2.45) is 5.10 Å². The maximum Gasteiger partial charge on any atom is 0.212 e. The molecular formula is C27H26FN7O4S. The predicted octanol–water partition coefficient (Wildman–Crippen LogP) is 2.87. The number of hydrogen-bond acceptors (Lipinski definition) is 10. The zero-order valence-corrected chi connectivity index (χ0v) is 22.7. The third kappa shape index (κ3) is 3.83. The van der Waals surface area contributed by atoms with Crippen LogP contribution in [0.3, 0.4) is 0 Å². The molecular weight excluding hydrogens is 537 g/mol. The molecule has 1 saturated heterocycles. The van der Waals surface area contributed by atoms with Crippen LogP contribution in [0.1, 0.15) is 18.5 Å². The van der Waals surface area contributed by atoms with Crippen molar-refractivity contribution in [2.45, 2.75) is 18.1 Å². The Kier molecular flexibility index (Phi) is 5.75. The Balaban J connectivity index is 1.39. The monoisotopic (exact) mass is 563 g/mol. The van der Waals surface area contributed by atoms with Crippen molar-refractivity contribution < 1.29 is 19.3 Å². The van der Waals surface area contributed by atoms with Crippen molar-refractivity contribution in [3.05, 3.63) is 52.1 Å². The zero-order valence-electron chi connectivity index (χ0n) is 21.8. The number of thioether (sulfide) groups is 1. The van der Waals surface area contributed by atoms with Gasteiger partial charge in [0.15, 0.2) is 28.9 Å². The van der Waals surface area contributed by atoms with Gasteiger partial charge in [-0.2, -0.15) is 9.78 Å². The Morgan fingerprint density at radius 1 is 1.10 bits per heavy atom. The van der Waals surface area contributed by atoms with Gasteiger partial charge in [-0.05, 0) is 38.2 Å². The largest absolute Gasteiger partial charge is 0.504 e. The second kappa shape index (κ2) is 9.24. The average Bonchev–Trinajstić information content (AvgIpc) is 3.37. The summed E-state index contributed by atoms with van der Waals surface area (Å²) in [6.45, 7) is 5.25. The molecule has 13 heteroatoms. The molecule has 0 amide bonds. The summed E-state index contributed by atoms with van der Waals surface area (Å²) in [7, 11) is 2.04. The molecule has 0 radical (unpaired) electrons. The molecule has 2 aromatic heterocycles. The minimum absolute atomic E-state index is 0.114. The summed E-state index contributed by atoms with van der Waals surface area (Å²) >= 11 is 1.39. The molecule has 0 aliphatic carbocycles. The lowest BCUT2D eigenvalue weighted by molar-refractivity contribution is 0.245. The first-order valence-corrected chi connectivity index (χ1v) is 13.9. The van der Waals surface area contributed by atoms with Crippen LogP contribution in [0.4, 0.5) is 10.1 Å². The van der Waals surface area contributed by atoms with E-state index in [0.717, 1.165) is 13.1 Å². The van der Waals surface area contributed by atoms with E-state index >= 15 is 4.39 Å². The van der Waals surface area contributed by atoms with Crippen LogP contribution in [0.25, 0.3) is 22.3 Å². The molecule has 40 heavy (non-hydrogen) atoms. The van der Waals surface area contributed by atoms with E-state index in [1.165, 1.54) is 34.6 Å². The number of likely N-dealkylation sites (N-methyl/N-ethyl adjacent to an activating group) is 1. The average molecular weight is 564 g/mol. The first-order valence-electron chi connectivity index (χ1n) is 13.0. The van der Waals surface area contributed by atoms with Crippen LogP contribution in [0.15, 0.2) is 45.5 Å². The van der Waals surface area contributed by atoms with Crippen LogP contribution < -0.4 is 15.1 Å². The highest BCUT2D eigenvalue weighted by atomic mass is 32.2. The van der Waals surface area contributed by atoms with E-state index in [0.29, 0.717) is 58.8 Å². The summed E-state index contributed by atoms with van der Waals surface area (Å²) < 4.78 is 25.3. The summed E-state index contributed by atoms with van der Waals surface area (Å²) in [6.07, 6.45) is 1.74. The number of benzene rings is 2. The number of rotatable bonds is 3. The second-order valence-electron chi connectivity index (χ2n) is 10.3. The fraction of sp³-hybridized carbons (Fsp3) is 0.333. The summed E-state index contributed by atoms with van der Waals surface area (Å²) in [6, 6.07) is 5.68. The first-order chi connectivity index (χ1) is 19.3. The highest BCUT2D eigenvalue weighted by Crippen LogP contribution is 2.43. The van der Waals surface area contributed by atoms with Gasteiger partial charge < -0.3 is 29.3 Å². The Morgan fingerprint density at radius 2 is 1.90 bits per heavy atom. The highest BCUT2D eigenvalue weighted by molar-refractivity contribution is 7.99. The maximum atomic E-state index is 15.7. The number of hydrogen-bond donors (Lipinski definition) is 2. The molecule has 0 bridgehead atoms. The molecule has 1 atom stereocenters. The van der Waals surface area contributed by atoms with Crippen molar-refractivity contribution in [1.29, 1.82) is 0 Å². The molecule has 1 fully saturated rings. The number of ether oxygens (including phenoxy) is 1. The van der Waals surface area contributed by atoms with Crippen molar-refractivity contribution in [2.75, 3.05) is 50.5 Å². The van der Waals surface area contributed by atoms with Gasteiger partial charge in [0.1, 0.15) is 12.3 Å². The van der Waals surface area contributed by atoms with E-state index < -0.39 is 5.82 Å². The Hall–Kier alpha value is -4.10. The van der Waals surface area contributed by atoms with Gasteiger partial charge in [-0.3, -0.25) is 4.79 Å². The Labute approximate surface area is 232 Å². The maximum absolute atomic E-state index is 15.7. The van der Waals surface area contributed by atoms with Crippen molar-refractivity contribution >= 4 is 34.1 Å². The molecule has 0 saturated carbocycles. The molecule has 3 aliphatic rings. The number of phenolic OH excluding ortho intramolecular Hbond substituents is 2. The number of piperazine rings is 1. The SMILES string of the molecule is CC1COc2c(N3CCN(C)CC3)c(F)cc3c(=O)c(-c4nnc5n4N=C(c4ccc(O)c(O)c4)CS5)cn1c23. The lowest BCUT2D eigenvalue weighted by Crippen LogP contribution is -2.45. The smallest absolute Gasteiger partial charge is 0.212 e. The van der Waals surface area contributed by atoms with Crippen LogP contribution in [-0.4, -0.2) is 85.9 Å².